The summed E-state index contributed by atoms with van der Waals surface area (Å²) >= 11 is 0. The summed E-state index contributed by atoms with van der Waals surface area (Å²) < 4.78 is 27.0. The van der Waals surface area contributed by atoms with Crippen LogP contribution in [0.5, 0.6) is 0 Å². The summed E-state index contributed by atoms with van der Waals surface area (Å²) in [5.41, 5.74) is 3.58. The van der Waals surface area contributed by atoms with Crippen molar-refractivity contribution in [1.29, 1.82) is 4.78 Å². The van der Waals surface area contributed by atoms with Crippen molar-refractivity contribution in [3.8, 4) is 0 Å². The van der Waals surface area contributed by atoms with Crippen molar-refractivity contribution in [2.45, 2.75) is 36.4 Å². The van der Waals surface area contributed by atoms with Gasteiger partial charge in [0, 0.05) is 11.7 Å². The molecule has 4 rings (SSSR count). The van der Waals surface area contributed by atoms with E-state index >= 15 is 0 Å². The summed E-state index contributed by atoms with van der Waals surface area (Å²) in [5, 5.41) is 0. The van der Waals surface area contributed by atoms with E-state index in [9.17, 15) is 4.21 Å². The van der Waals surface area contributed by atoms with E-state index in [-0.39, 0.29) is 18.1 Å². The van der Waals surface area contributed by atoms with Gasteiger partial charge in [-0.25, -0.2) is 8.99 Å². The Labute approximate surface area is 131 Å². The van der Waals surface area contributed by atoms with Crippen LogP contribution in [0.3, 0.4) is 0 Å². The van der Waals surface area contributed by atoms with E-state index in [2.05, 4.69) is 18.2 Å². The minimum absolute atomic E-state index is 0.0365. The summed E-state index contributed by atoms with van der Waals surface area (Å²) in [6.07, 6.45) is 1.09. The van der Waals surface area contributed by atoms with Crippen molar-refractivity contribution in [3.63, 3.8) is 0 Å². The minimum atomic E-state index is -2.72. The van der Waals surface area contributed by atoms with E-state index < -0.39 is 9.73 Å². The zero-order valence-electron chi connectivity index (χ0n) is 12.5. The Balaban J connectivity index is 1.81. The second-order valence-corrected chi connectivity index (χ2v) is 8.39. The van der Waals surface area contributed by atoms with Gasteiger partial charge in [-0.1, -0.05) is 49.4 Å². The highest BCUT2D eigenvalue weighted by molar-refractivity contribution is 7.92. The molecule has 0 aromatic heterocycles. The van der Waals surface area contributed by atoms with Gasteiger partial charge in [0.05, 0.1) is 26.8 Å². The molecular formula is C18H19NO2S. The largest absolute Gasteiger partial charge is 0.365 e. The van der Waals surface area contributed by atoms with Crippen LogP contribution >= 0.6 is 0 Å². The van der Waals surface area contributed by atoms with Crippen LogP contribution in [-0.4, -0.2) is 9.96 Å². The van der Waals surface area contributed by atoms with Crippen LogP contribution in [-0.2, 0) is 14.5 Å². The molecule has 2 aliphatic rings. The van der Waals surface area contributed by atoms with Crippen LogP contribution < -0.4 is 0 Å². The molecule has 4 atom stereocenters. The average Bonchev–Trinajstić information content (AvgIpc) is 3.14. The molecule has 2 heterocycles. The third-order valence-corrected chi connectivity index (χ3v) is 6.77. The van der Waals surface area contributed by atoms with E-state index in [0.29, 0.717) is 10.6 Å². The number of ether oxygens (including phenoxy) is 1. The maximum absolute atomic E-state index is 12.6. The second kappa shape index (κ2) is 4.93. The molecule has 3 nitrogen and oxygen atoms in total. The molecule has 2 aromatic rings. The lowest BCUT2D eigenvalue weighted by molar-refractivity contribution is 0.0673. The van der Waals surface area contributed by atoms with E-state index in [1.807, 2.05) is 37.3 Å². The molecule has 4 heteroatoms. The van der Waals surface area contributed by atoms with Gasteiger partial charge in [-0.05, 0) is 29.2 Å². The first-order valence-corrected chi connectivity index (χ1v) is 9.44. The zero-order chi connectivity index (χ0) is 15.3. The maximum atomic E-state index is 12.6. The van der Waals surface area contributed by atoms with E-state index in [1.165, 1.54) is 11.1 Å². The van der Waals surface area contributed by atoms with Crippen molar-refractivity contribution in [1.82, 2.24) is 0 Å². The Kier molecular flexibility index (Phi) is 3.13. The van der Waals surface area contributed by atoms with Gasteiger partial charge in [0.15, 0.2) is 0 Å². The molecule has 1 fully saturated rings. The Morgan fingerprint density at radius 1 is 1.09 bits per heavy atom. The topological polar surface area (TPSA) is 50.2 Å². The van der Waals surface area contributed by atoms with Gasteiger partial charge in [0.25, 0.3) is 0 Å². The highest BCUT2D eigenvalue weighted by Crippen LogP contribution is 2.58. The van der Waals surface area contributed by atoms with E-state index in [1.54, 1.807) is 0 Å². The van der Waals surface area contributed by atoms with Crippen molar-refractivity contribution >= 4 is 9.73 Å². The standard InChI is InChI=1S/C18H19NO2S/c1-2-22(19,20)17-10-6-5-8-13(17)15-11-16-12-7-3-4-9-14(12)18(15)21-16/h3-10,15-16,18-19H,2,11H2,1H3/t15-,16-,18-,22?/m0/s1. The molecule has 1 N–H and O–H groups in total. The van der Waals surface area contributed by atoms with Crippen LogP contribution in [0.15, 0.2) is 53.4 Å². The number of rotatable bonds is 3. The lowest BCUT2D eigenvalue weighted by atomic mass is 9.80. The molecule has 0 radical (unpaired) electrons. The van der Waals surface area contributed by atoms with Gasteiger partial charge in [0.2, 0.25) is 0 Å². The van der Waals surface area contributed by atoms with Crippen LogP contribution in [0.2, 0.25) is 0 Å². The van der Waals surface area contributed by atoms with Gasteiger partial charge < -0.3 is 4.74 Å². The molecule has 0 aliphatic carbocycles. The Hall–Kier alpha value is -1.65. The summed E-state index contributed by atoms with van der Waals surface area (Å²) in [6, 6.07) is 16.1. The number of fused-ring (bicyclic) bond motifs is 5. The van der Waals surface area contributed by atoms with Gasteiger partial charge in [-0.15, -0.1) is 0 Å². The lowest BCUT2D eigenvalue weighted by Gasteiger charge is -2.24. The monoisotopic (exact) mass is 313 g/mol. The zero-order valence-corrected chi connectivity index (χ0v) is 13.3. The number of benzene rings is 2. The fraction of sp³-hybridized carbons (Fsp3) is 0.333. The molecule has 2 aromatic carbocycles. The molecular weight excluding hydrogens is 294 g/mol. The predicted molar refractivity (Wildman–Crippen MR) is 86.5 cm³/mol. The van der Waals surface area contributed by atoms with Crippen LogP contribution in [0.25, 0.3) is 0 Å². The first kappa shape index (κ1) is 14.0. The van der Waals surface area contributed by atoms with Crippen LogP contribution in [0.4, 0.5) is 0 Å². The average molecular weight is 313 g/mol. The molecule has 1 saturated heterocycles. The van der Waals surface area contributed by atoms with Crippen molar-refractivity contribution < 1.29 is 8.95 Å². The van der Waals surface area contributed by atoms with Gasteiger partial charge in [-0.2, -0.15) is 0 Å². The molecule has 2 aliphatic heterocycles. The van der Waals surface area contributed by atoms with Gasteiger partial charge in [-0.3, -0.25) is 0 Å². The molecule has 22 heavy (non-hydrogen) atoms. The van der Waals surface area contributed by atoms with Crippen molar-refractivity contribution in [2.24, 2.45) is 0 Å². The highest BCUT2D eigenvalue weighted by atomic mass is 32.2. The first-order valence-electron chi connectivity index (χ1n) is 7.71. The Morgan fingerprint density at radius 3 is 2.45 bits per heavy atom. The normalized spacial score (nSPS) is 28.3. The van der Waals surface area contributed by atoms with Gasteiger partial charge in [0.1, 0.15) is 0 Å². The van der Waals surface area contributed by atoms with E-state index in [0.717, 1.165) is 12.0 Å². The number of nitrogens with one attached hydrogen (secondary N) is 1. The summed E-state index contributed by atoms with van der Waals surface area (Å²) in [7, 11) is -2.72. The fourth-order valence-corrected chi connectivity index (χ4v) is 4.98. The summed E-state index contributed by atoms with van der Waals surface area (Å²) in [4.78, 5) is 0.691. The minimum Gasteiger partial charge on any atom is -0.365 e. The molecule has 2 bridgehead atoms. The molecule has 0 saturated carbocycles. The Morgan fingerprint density at radius 2 is 1.73 bits per heavy atom. The maximum Gasteiger partial charge on any atom is 0.0906 e. The molecule has 0 amide bonds. The summed E-state index contributed by atoms with van der Waals surface area (Å²) in [6.45, 7) is 1.82. The second-order valence-electron chi connectivity index (χ2n) is 6.02. The predicted octanol–water partition coefficient (Wildman–Crippen LogP) is 4.41. The van der Waals surface area contributed by atoms with Crippen molar-refractivity contribution in [3.05, 3.63) is 65.2 Å². The SMILES string of the molecule is CCS(=N)(=O)c1ccccc1[C@@H]1C[C@@H]2O[C@H]1c1ccccc12. The van der Waals surface area contributed by atoms with Crippen LogP contribution in [0.1, 0.15) is 48.2 Å². The van der Waals surface area contributed by atoms with E-state index in [4.69, 9.17) is 9.52 Å². The lowest BCUT2D eigenvalue weighted by Crippen LogP contribution is -2.14. The third kappa shape index (κ3) is 1.94. The smallest absolute Gasteiger partial charge is 0.0906 e. The Bertz CT molecular complexity index is 828. The first-order chi connectivity index (χ1) is 10.6. The molecule has 1 unspecified atom stereocenters. The van der Waals surface area contributed by atoms with Gasteiger partial charge >= 0.3 is 0 Å². The quantitative estimate of drug-likeness (QED) is 0.912. The third-order valence-electron chi connectivity index (χ3n) is 4.87. The van der Waals surface area contributed by atoms with Crippen molar-refractivity contribution in [2.75, 3.05) is 5.75 Å². The highest BCUT2D eigenvalue weighted by Gasteiger charge is 2.46. The number of hydrogen-bond donors (Lipinski definition) is 1. The molecule has 114 valence electrons. The number of hydrogen-bond acceptors (Lipinski definition) is 3. The van der Waals surface area contributed by atoms with Crippen LogP contribution in [0, 0.1) is 4.78 Å². The summed E-state index contributed by atoms with van der Waals surface area (Å²) in [5.74, 6) is 0.552. The fourth-order valence-electron chi connectivity index (χ4n) is 3.77. The molecule has 0 spiro atoms.